The monoisotopic (exact) mass is 362 g/mol. The maximum absolute atomic E-state index is 14.6. The number of carbonyl (C=O) groups is 1. The Kier molecular flexibility index (Phi) is 5.35. The molecule has 3 rings (SSSR count). The van der Waals surface area contributed by atoms with E-state index in [9.17, 15) is 18.0 Å². The molecule has 0 radical (unpaired) electrons. The van der Waals surface area contributed by atoms with Gasteiger partial charge in [0.1, 0.15) is 11.6 Å². The molecule has 0 aliphatic heterocycles. The first-order valence-electron chi connectivity index (χ1n) is 8.92. The van der Waals surface area contributed by atoms with Crippen molar-refractivity contribution in [3.8, 4) is 5.75 Å². The van der Waals surface area contributed by atoms with Gasteiger partial charge in [0.25, 0.3) is 0 Å². The third-order valence-electron chi connectivity index (χ3n) is 5.39. The fourth-order valence-corrected chi connectivity index (χ4v) is 3.80. The van der Waals surface area contributed by atoms with Crippen LogP contribution < -0.4 is 4.74 Å². The second-order valence-corrected chi connectivity index (χ2v) is 6.85. The van der Waals surface area contributed by atoms with Crippen molar-refractivity contribution in [3.63, 3.8) is 0 Å². The predicted molar refractivity (Wildman–Crippen MR) is 92.8 cm³/mol. The molecule has 5 heteroatoms. The fraction of sp³-hybridized carbons (Fsp3) is 0.381. The summed E-state index contributed by atoms with van der Waals surface area (Å²) >= 11 is 0. The Morgan fingerprint density at radius 1 is 1.00 bits per heavy atom. The van der Waals surface area contributed by atoms with Crippen LogP contribution in [0.25, 0.3) is 0 Å². The SMILES string of the molecule is CCC1(c2ccc(C(=O)Oc3ccc(F)cc3F)c(F)c2)CCCCC1. The first kappa shape index (κ1) is 18.5. The molecule has 2 aromatic carbocycles. The summed E-state index contributed by atoms with van der Waals surface area (Å²) < 4.78 is 46.0. The summed E-state index contributed by atoms with van der Waals surface area (Å²) in [7, 11) is 0. The Bertz CT molecular complexity index is 811. The quantitative estimate of drug-likeness (QED) is 0.497. The van der Waals surface area contributed by atoms with Crippen molar-refractivity contribution >= 4 is 5.97 Å². The van der Waals surface area contributed by atoms with Crippen molar-refractivity contribution in [1.82, 2.24) is 0 Å². The minimum atomic E-state index is -1.01. The van der Waals surface area contributed by atoms with Crippen LogP contribution in [0.4, 0.5) is 13.2 Å². The molecule has 26 heavy (non-hydrogen) atoms. The molecule has 0 aromatic heterocycles. The summed E-state index contributed by atoms with van der Waals surface area (Å²) in [4.78, 5) is 12.2. The molecule has 0 amide bonds. The van der Waals surface area contributed by atoms with E-state index in [4.69, 9.17) is 4.74 Å². The molecule has 0 N–H and O–H groups in total. The number of halogens is 3. The molecular formula is C21H21F3O2. The second-order valence-electron chi connectivity index (χ2n) is 6.85. The molecule has 0 atom stereocenters. The van der Waals surface area contributed by atoms with Gasteiger partial charge in [-0.3, -0.25) is 0 Å². The lowest BCUT2D eigenvalue weighted by molar-refractivity contribution is 0.0722. The van der Waals surface area contributed by atoms with Crippen molar-refractivity contribution in [1.29, 1.82) is 0 Å². The van der Waals surface area contributed by atoms with Crippen LogP contribution in [0, 0.1) is 17.5 Å². The van der Waals surface area contributed by atoms with E-state index in [1.165, 1.54) is 18.6 Å². The van der Waals surface area contributed by atoms with Gasteiger partial charge in [-0.05, 0) is 54.5 Å². The zero-order chi connectivity index (χ0) is 18.7. The molecule has 0 spiro atoms. The molecule has 0 heterocycles. The predicted octanol–water partition coefficient (Wildman–Crippen LogP) is 5.94. The normalized spacial score (nSPS) is 16.3. The lowest BCUT2D eigenvalue weighted by Gasteiger charge is -2.37. The molecule has 0 saturated heterocycles. The molecule has 138 valence electrons. The Balaban J connectivity index is 1.84. The standard InChI is InChI=1S/C21H21F3O2/c1-2-21(10-4-3-5-11-21)14-6-8-16(17(23)12-14)20(25)26-19-9-7-15(22)13-18(19)24/h6-9,12-13H,2-5,10-11H2,1H3. The number of esters is 1. The highest BCUT2D eigenvalue weighted by atomic mass is 19.1. The first-order chi connectivity index (χ1) is 12.4. The molecule has 1 aliphatic carbocycles. The molecule has 2 nitrogen and oxygen atoms in total. The van der Waals surface area contributed by atoms with Gasteiger partial charge in [-0.1, -0.05) is 32.3 Å². The van der Waals surface area contributed by atoms with Crippen LogP contribution >= 0.6 is 0 Å². The summed E-state index contributed by atoms with van der Waals surface area (Å²) in [5.41, 5.74) is 0.575. The van der Waals surface area contributed by atoms with Gasteiger partial charge in [0, 0.05) is 6.07 Å². The van der Waals surface area contributed by atoms with E-state index in [1.807, 2.05) is 0 Å². The average molecular weight is 362 g/mol. The van der Waals surface area contributed by atoms with Gasteiger partial charge < -0.3 is 4.74 Å². The molecule has 1 fully saturated rings. The van der Waals surface area contributed by atoms with Gasteiger partial charge in [0.15, 0.2) is 11.6 Å². The van der Waals surface area contributed by atoms with Crippen LogP contribution in [-0.2, 0) is 5.41 Å². The van der Waals surface area contributed by atoms with E-state index >= 15 is 0 Å². The van der Waals surface area contributed by atoms with Crippen LogP contribution in [0.5, 0.6) is 5.75 Å². The van der Waals surface area contributed by atoms with Crippen LogP contribution in [0.3, 0.4) is 0 Å². The summed E-state index contributed by atoms with van der Waals surface area (Å²) in [5.74, 6) is -3.92. The lowest BCUT2D eigenvalue weighted by Crippen LogP contribution is -2.28. The van der Waals surface area contributed by atoms with Gasteiger partial charge >= 0.3 is 5.97 Å². The Morgan fingerprint density at radius 3 is 2.35 bits per heavy atom. The first-order valence-corrected chi connectivity index (χ1v) is 8.92. The number of hydrogen-bond acceptors (Lipinski definition) is 2. The summed E-state index contributed by atoms with van der Waals surface area (Å²) in [6.45, 7) is 2.10. The largest absolute Gasteiger partial charge is 0.420 e. The Labute approximate surface area is 151 Å². The fourth-order valence-electron chi connectivity index (χ4n) is 3.80. The van der Waals surface area contributed by atoms with Crippen LogP contribution in [0.15, 0.2) is 36.4 Å². The maximum Gasteiger partial charge on any atom is 0.346 e. The zero-order valence-electron chi connectivity index (χ0n) is 14.7. The van der Waals surface area contributed by atoms with Gasteiger partial charge in [-0.25, -0.2) is 18.0 Å². The smallest absolute Gasteiger partial charge is 0.346 e. The van der Waals surface area contributed by atoms with Crippen molar-refractivity contribution in [2.24, 2.45) is 0 Å². The topological polar surface area (TPSA) is 26.3 Å². The van der Waals surface area contributed by atoms with E-state index in [1.54, 1.807) is 6.07 Å². The minimum Gasteiger partial charge on any atom is -0.420 e. The van der Waals surface area contributed by atoms with E-state index in [2.05, 4.69) is 6.92 Å². The van der Waals surface area contributed by atoms with Crippen molar-refractivity contribution in [3.05, 3.63) is 65.0 Å². The van der Waals surface area contributed by atoms with Crippen LogP contribution in [-0.4, -0.2) is 5.97 Å². The number of ether oxygens (including phenoxy) is 1. The van der Waals surface area contributed by atoms with E-state index in [-0.39, 0.29) is 11.0 Å². The number of carbonyl (C=O) groups excluding carboxylic acids is 1. The molecule has 0 unspecified atom stereocenters. The van der Waals surface area contributed by atoms with Crippen LogP contribution in [0.1, 0.15) is 61.4 Å². The maximum atomic E-state index is 14.6. The summed E-state index contributed by atoms with van der Waals surface area (Å²) in [6, 6.07) is 7.13. The molecule has 0 bridgehead atoms. The van der Waals surface area contributed by atoms with Crippen LogP contribution in [0.2, 0.25) is 0 Å². The number of hydrogen-bond donors (Lipinski definition) is 0. The lowest BCUT2D eigenvalue weighted by atomic mass is 9.68. The van der Waals surface area contributed by atoms with Crippen molar-refractivity contribution < 1.29 is 22.7 Å². The van der Waals surface area contributed by atoms with E-state index in [0.29, 0.717) is 6.07 Å². The highest BCUT2D eigenvalue weighted by molar-refractivity contribution is 5.91. The highest BCUT2D eigenvalue weighted by Gasteiger charge is 2.33. The molecular weight excluding hydrogens is 341 g/mol. The number of benzene rings is 2. The average Bonchev–Trinajstić information content (AvgIpc) is 2.64. The van der Waals surface area contributed by atoms with Gasteiger partial charge in [0.2, 0.25) is 0 Å². The molecule has 1 saturated carbocycles. The van der Waals surface area contributed by atoms with E-state index < -0.39 is 29.2 Å². The second kappa shape index (κ2) is 7.52. The van der Waals surface area contributed by atoms with Gasteiger partial charge in [-0.2, -0.15) is 0 Å². The van der Waals surface area contributed by atoms with E-state index in [0.717, 1.165) is 49.8 Å². The third-order valence-corrected chi connectivity index (χ3v) is 5.39. The third kappa shape index (κ3) is 3.62. The van der Waals surface area contributed by atoms with Crippen molar-refractivity contribution in [2.75, 3.05) is 0 Å². The zero-order valence-corrected chi connectivity index (χ0v) is 14.7. The molecule has 1 aliphatic rings. The highest BCUT2D eigenvalue weighted by Crippen LogP contribution is 2.42. The van der Waals surface area contributed by atoms with Gasteiger partial charge in [0.05, 0.1) is 5.56 Å². The summed E-state index contributed by atoms with van der Waals surface area (Å²) in [5, 5.41) is 0. The van der Waals surface area contributed by atoms with Crippen molar-refractivity contribution in [2.45, 2.75) is 50.9 Å². The summed E-state index contributed by atoms with van der Waals surface area (Å²) in [6.07, 6.45) is 6.35. The minimum absolute atomic E-state index is 0.0510. The molecule has 2 aromatic rings. The van der Waals surface area contributed by atoms with Gasteiger partial charge in [-0.15, -0.1) is 0 Å². The number of rotatable bonds is 4. The Morgan fingerprint density at radius 2 is 1.73 bits per heavy atom. The Hall–Kier alpha value is -2.30.